The summed E-state index contributed by atoms with van der Waals surface area (Å²) < 4.78 is 11.3. The second-order valence-corrected chi connectivity index (χ2v) is 27.7. The second kappa shape index (κ2) is 32.0. The molecular weight excluding hydrogens is 1140 g/mol. The van der Waals surface area contributed by atoms with Gasteiger partial charge in [-0.2, -0.15) is 0 Å². The van der Waals surface area contributed by atoms with Crippen LogP contribution in [0.25, 0.3) is 0 Å². The number of rotatable bonds is 29. The van der Waals surface area contributed by atoms with Gasteiger partial charge in [0.05, 0.1) is 10.8 Å². The zero-order valence-electron chi connectivity index (χ0n) is 54.5. The normalized spacial score (nSPS) is 25.3. The van der Waals surface area contributed by atoms with Crippen LogP contribution in [0.3, 0.4) is 0 Å². The van der Waals surface area contributed by atoms with Crippen LogP contribution in [0.4, 0.5) is 21.0 Å². The molecule has 1 unspecified atom stereocenters. The van der Waals surface area contributed by atoms with Gasteiger partial charge in [0, 0.05) is 68.6 Å². The minimum absolute atomic E-state index is 0.000876. The Labute approximate surface area is 534 Å². The Hall–Kier alpha value is -6.72. The maximum absolute atomic E-state index is 14.7. The number of carbonyl (C=O) groups is 6. The van der Waals surface area contributed by atoms with Crippen LogP contribution in [-0.4, -0.2) is 111 Å². The number of phenols is 1. The summed E-state index contributed by atoms with van der Waals surface area (Å²) in [5, 5.41) is 35.7. The molecule has 0 radical (unpaired) electrons. The number of ether oxygens (including phenoxy) is 2. The summed E-state index contributed by atoms with van der Waals surface area (Å²) in [6, 6.07) is 18.9. The highest BCUT2D eigenvalue weighted by Crippen LogP contribution is 2.60. The van der Waals surface area contributed by atoms with Crippen molar-refractivity contribution in [3.05, 3.63) is 88.5 Å². The average Bonchev–Trinajstić information content (AvgIpc) is 0.734. The first-order valence-corrected chi connectivity index (χ1v) is 33.6. The molecule has 3 aromatic carbocycles. The van der Waals surface area contributed by atoms with Crippen molar-refractivity contribution in [2.75, 3.05) is 56.5 Å². The lowest BCUT2D eigenvalue weighted by molar-refractivity contribution is -0.150. The minimum atomic E-state index is -0.793. The van der Waals surface area contributed by atoms with Crippen molar-refractivity contribution in [3.8, 4) is 17.6 Å². The Bertz CT molecular complexity index is 3020. The molecule has 90 heavy (non-hydrogen) atoms. The number of alkyl carbamates (subject to hydrolysis) is 1. The lowest BCUT2D eigenvalue weighted by Crippen LogP contribution is -2.60. The van der Waals surface area contributed by atoms with E-state index in [-0.39, 0.29) is 90.1 Å². The molecule has 0 heterocycles. The second-order valence-electron chi connectivity index (χ2n) is 27.7. The van der Waals surface area contributed by atoms with Crippen LogP contribution in [0.15, 0.2) is 60.7 Å². The van der Waals surface area contributed by atoms with Gasteiger partial charge in [-0.25, -0.2) is 9.59 Å². The van der Waals surface area contributed by atoms with Crippen LogP contribution in [0.2, 0.25) is 0 Å². The van der Waals surface area contributed by atoms with E-state index in [0.717, 1.165) is 138 Å². The Morgan fingerprint density at radius 3 is 2.01 bits per heavy atom. The van der Waals surface area contributed by atoms with Gasteiger partial charge in [0.15, 0.2) is 0 Å². The van der Waals surface area contributed by atoms with Crippen molar-refractivity contribution < 1.29 is 43.3 Å². The van der Waals surface area contributed by atoms with Crippen molar-refractivity contribution in [1.82, 2.24) is 31.9 Å². The molecule has 10 atom stereocenters. The molecule has 0 aromatic heterocycles. The van der Waals surface area contributed by atoms with Crippen molar-refractivity contribution >= 4 is 47.1 Å². The number of nitrogens with two attached hydrogens (primary N) is 2. The summed E-state index contributed by atoms with van der Waals surface area (Å²) >= 11 is 0. The fraction of sp³-hybridized carbons (Fsp3) is 0.634. The van der Waals surface area contributed by atoms with Crippen LogP contribution in [0.5, 0.6) is 5.75 Å². The summed E-state index contributed by atoms with van der Waals surface area (Å²) in [5.74, 6) is 5.93. The number of primary amides is 1. The fourth-order valence-electron chi connectivity index (χ4n) is 15.6. The summed E-state index contributed by atoms with van der Waals surface area (Å²) in [4.78, 5) is 79.4. The fourth-order valence-corrected chi connectivity index (χ4v) is 15.6. The van der Waals surface area contributed by atoms with E-state index in [1.807, 2.05) is 62.4 Å². The van der Waals surface area contributed by atoms with E-state index in [1.165, 1.54) is 11.1 Å². The number of imide groups is 1. The zero-order valence-corrected chi connectivity index (χ0v) is 54.5. The first kappa shape index (κ1) is 69.2. The molecule has 0 aliphatic heterocycles. The predicted octanol–water partition coefficient (Wildman–Crippen LogP) is 9.02. The molecule has 2 fully saturated rings. The van der Waals surface area contributed by atoms with E-state index >= 15 is 0 Å². The van der Waals surface area contributed by atoms with Crippen LogP contribution in [0.1, 0.15) is 185 Å². The first-order valence-electron chi connectivity index (χ1n) is 33.6. The summed E-state index contributed by atoms with van der Waals surface area (Å²) in [5.41, 5.74) is 16.6. The Morgan fingerprint density at radius 2 is 1.33 bits per heavy atom. The van der Waals surface area contributed by atoms with Gasteiger partial charge in [-0.1, -0.05) is 97.4 Å². The number of aromatic hydroxyl groups is 1. The summed E-state index contributed by atoms with van der Waals surface area (Å²) in [6.45, 7) is 15.7. The zero-order chi connectivity index (χ0) is 64.5. The van der Waals surface area contributed by atoms with Crippen LogP contribution < -0.4 is 54.0 Å². The molecule has 19 nitrogen and oxygen atoms in total. The molecule has 0 saturated heterocycles. The van der Waals surface area contributed by atoms with E-state index in [4.69, 9.17) is 20.9 Å². The van der Waals surface area contributed by atoms with Gasteiger partial charge in [0.25, 0.3) is 0 Å². The van der Waals surface area contributed by atoms with Gasteiger partial charge in [0.1, 0.15) is 31.6 Å². The molecule has 3 aromatic rings. The number of unbranched alkanes of at least 4 members (excludes halogenated alkanes) is 1. The molecule has 0 bridgehead atoms. The number of benzene rings is 3. The molecule has 492 valence electrons. The number of anilines is 2. The molecule has 7 amide bonds. The molecule has 5 aliphatic rings. The smallest absolute Gasteiger partial charge is 0.407 e. The molecule has 0 spiro atoms. The van der Waals surface area contributed by atoms with Gasteiger partial charge in [-0.05, 0) is 189 Å². The largest absolute Gasteiger partial charge is 0.508 e. The highest BCUT2D eigenvalue weighted by molar-refractivity contribution is 6.01. The van der Waals surface area contributed by atoms with Gasteiger partial charge in [-0.3, -0.25) is 24.5 Å². The Morgan fingerprint density at radius 1 is 0.678 bits per heavy atom. The highest BCUT2D eigenvalue weighted by atomic mass is 16.5. The van der Waals surface area contributed by atoms with Crippen molar-refractivity contribution in [2.24, 2.45) is 40.1 Å². The van der Waals surface area contributed by atoms with Crippen LogP contribution in [0, 0.1) is 40.4 Å². The number of hydrogen-bond acceptors (Lipinski definition) is 13. The van der Waals surface area contributed by atoms with Crippen molar-refractivity contribution in [2.45, 2.75) is 212 Å². The SMILES string of the molecule is CC(C)[C@@H](CN[C@@H](CCCNC(N)=O)CNc1ccc(COC(=O)NCC(=O)Nc2ccc3c(c2)[C@@]2(C)CCC[C@](C)(C(=O)NC(=O)[C@@]4(C)CCC[C@]5(C)c6cc(O)ccc6CC[C@@H]45)[C@@H]2CC3)cc1)NC[C@H](N)CCCCNC(=O)COC1C#CCCCCC1. The van der Waals surface area contributed by atoms with Crippen LogP contribution in [-0.2, 0) is 58.9 Å². The van der Waals surface area contributed by atoms with Crippen LogP contribution >= 0.6 is 0 Å². The molecular formula is C71H104N10O9. The maximum atomic E-state index is 14.7. The molecule has 2 saturated carbocycles. The van der Waals surface area contributed by atoms with E-state index in [1.54, 1.807) is 6.07 Å². The van der Waals surface area contributed by atoms with E-state index in [0.29, 0.717) is 57.2 Å². The number of carbonyl (C=O) groups excluding carboxylic acids is 6. The van der Waals surface area contributed by atoms with E-state index in [2.05, 4.69) is 88.1 Å². The van der Waals surface area contributed by atoms with E-state index < -0.39 is 28.9 Å². The number of hydrogen-bond donors (Lipinski definition) is 11. The summed E-state index contributed by atoms with van der Waals surface area (Å²) in [6.07, 6.45) is 16.4. The van der Waals surface area contributed by atoms with Crippen molar-refractivity contribution in [1.29, 1.82) is 0 Å². The highest BCUT2D eigenvalue weighted by Gasteiger charge is 2.58. The maximum Gasteiger partial charge on any atom is 0.407 e. The molecule has 13 N–H and O–H groups in total. The topological polar surface area (TPSA) is 289 Å². The number of nitrogens with one attached hydrogen (secondary N) is 8. The molecule has 8 rings (SSSR count). The first-order chi connectivity index (χ1) is 43.1. The Kier molecular flexibility index (Phi) is 24.6. The van der Waals surface area contributed by atoms with Gasteiger partial charge >= 0.3 is 12.1 Å². The molecule has 5 aliphatic carbocycles. The Balaban J connectivity index is 0.752. The third kappa shape index (κ3) is 18.1. The standard InChI is InChI=1S/C71H104N10O9/c1-47(2)59(78-41-51(72)17-12-13-37-74-63(84)46-89-56-19-10-8-7-9-11-20-56)43-77-54(18-14-38-75-66(73)87)42-76-52-27-21-48(22-28-52)45-90-67(88)79-44-62(83)80-53-29-23-49-25-31-60-68(3,57(49)39-53)33-15-35-70(60,5)64(85)81-65(86)71(6)36-16-34-69(4)58-40-55(82)30-24-50(58)26-32-61(69)71/h21-24,27-30,39-40,47,51,54,56,59-61,76-78,82H,7-10,12-19,25-26,31-38,41-46,72H2,1-6H3,(H,74,84)(H,79,88)(H,80,83)(H3,73,75,87)(H,81,85,86)/t51-,54+,56?,59-,60-,61-,68-,69-,70+,71+/m1/s1. The summed E-state index contributed by atoms with van der Waals surface area (Å²) in [7, 11) is 0. The number of fused-ring (bicyclic) bond motifs is 6. The lowest BCUT2D eigenvalue weighted by Gasteiger charge is -2.56. The average molecular weight is 1240 g/mol. The van der Waals surface area contributed by atoms with Gasteiger partial charge in [-0.15, -0.1) is 5.92 Å². The monoisotopic (exact) mass is 1240 g/mol. The quantitative estimate of drug-likeness (QED) is 0.0176. The van der Waals surface area contributed by atoms with Crippen molar-refractivity contribution in [3.63, 3.8) is 0 Å². The third-order valence-electron chi connectivity index (χ3n) is 20.9. The minimum Gasteiger partial charge on any atom is -0.508 e. The molecule has 19 heteroatoms. The number of phenolic OH excluding ortho intramolecular Hbond substituents is 1. The van der Waals surface area contributed by atoms with Gasteiger partial charge < -0.3 is 63.3 Å². The third-order valence-corrected chi connectivity index (χ3v) is 20.9. The number of urea groups is 1. The predicted molar refractivity (Wildman–Crippen MR) is 352 cm³/mol. The van der Waals surface area contributed by atoms with E-state index in [9.17, 15) is 33.9 Å². The van der Waals surface area contributed by atoms with Gasteiger partial charge in [0.2, 0.25) is 23.6 Å². The lowest BCUT2D eigenvalue weighted by atomic mass is 9.49. The number of aryl methyl sites for hydroxylation is 2. The number of amides is 7.